The summed E-state index contributed by atoms with van der Waals surface area (Å²) in [6.45, 7) is 5.74. The third-order valence-electron chi connectivity index (χ3n) is 3.71. The second-order valence-corrected chi connectivity index (χ2v) is 6.58. The zero-order valence-corrected chi connectivity index (χ0v) is 15.1. The van der Waals surface area contributed by atoms with E-state index in [2.05, 4.69) is 20.4 Å². The number of pyridine rings is 2. The molecule has 0 unspecified atom stereocenters. The van der Waals surface area contributed by atoms with Crippen molar-refractivity contribution in [2.45, 2.75) is 31.6 Å². The van der Waals surface area contributed by atoms with Gasteiger partial charge in [-0.05, 0) is 50.6 Å². The average molecular weight is 354 g/mol. The first kappa shape index (κ1) is 17.2. The first-order valence-electron chi connectivity index (χ1n) is 7.78. The fourth-order valence-electron chi connectivity index (χ4n) is 2.32. The van der Waals surface area contributed by atoms with Gasteiger partial charge in [0.15, 0.2) is 0 Å². The van der Waals surface area contributed by atoms with Gasteiger partial charge in [-0.3, -0.25) is 4.79 Å². The molecular formula is C18H18N4O2S. The van der Waals surface area contributed by atoms with Gasteiger partial charge in [0.05, 0.1) is 11.3 Å². The zero-order valence-electron chi connectivity index (χ0n) is 14.2. The lowest BCUT2D eigenvalue weighted by molar-refractivity contribution is 0.102. The highest BCUT2D eigenvalue weighted by Crippen LogP contribution is 2.27. The van der Waals surface area contributed by atoms with Crippen LogP contribution in [0.1, 0.15) is 32.9 Å². The summed E-state index contributed by atoms with van der Waals surface area (Å²) in [5.74, 6) is 1.72. The number of carbonyl (C=O) groups is 1. The number of hydrogen-bond acceptors (Lipinski definition) is 6. The molecule has 25 heavy (non-hydrogen) atoms. The first-order valence-corrected chi connectivity index (χ1v) is 8.76. The summed E-state index contributed by atoms with van der Waals surface area (Å²) in [6.07, 6.45) is 3.35. The quantitative estimate of drug-likeness (QED) is 0.699. The maximum atomic E-state index is 12.6. The van der Waals surface area contributed by atoms with Crippen LogP contribution in [0.2, 0.25) is 0 Å². The van der Waals surface area contributed by atoms with Gasteiger partial charge in [0.25, 0.3) is 5.91 Å². The Labute approximate surface area is 150 Å². The van der Waals surface area contributed by atoms with Crippen LogP contribution < -0.4 is 5.32 Å². The van der Waals surface area contributed by atoms with Crippen molar-refractivity contribution in [1.29, 1.82) is 0 Å². The summed E-state index contributed by atoms with van der Waals surface area (Å²) in [6, 6.07) is 7.21. The van der Waals surface area contributed by atoms with Gasteiger partial charge >= 0.3 is 0 Å². The number of nitrogens with one attached hydrogen (secondary N) is 1. The van der Waals surface area contributed by atoms with Crippen LogP contribution in [0.5, 0.6) is 0 Å². The Morgan fingerprint density at radius 2 is 2.04 bits per heavy atom. The average Bonchev–Trinajstić information content (AvgIpc) is 2.91. The first-order chi connectivity index (χ1) is 12.0. The largest absolute Gasteiger partial charge is 0.361 e. The van der Waals surface area contributed by atoms with Gasteiger partial charge < -0.3 is 9.84 Å². The van der Waals surface area contributed by atoms with E-state index in [1.54, 1.807) is 24.5 Å². The van der Waals surface area contributed by atoms with Crippen LogP contribution in [0.3, 0.4) is 0 Å². The molecule has 0 bridgehead atoms. The van der Waals surface area contributed by atoms with E-state index >= 15 is 0 Å². The smallest absolute Gasteiger partial charge is 0.259 e. The molecule has 128 valence electrons. The van der Waals surface area contributed by atoms with E-state index < -0.39 is 0 Å². The summed E-state index contributed by atoms with van der Waals surface area (Å²) in [7, 11) is 0. The summed E-state index contributed by atoms with van der Waals surface area (Å²) in [4.78, 5) is 21.1. The Hall–Kier alpha value is -2.67. The number of thioether (sulfide) groups is 1. The molecular weight excluding hydrogens is 336 g/mol. The minimum absolute atomic E-state index is 0.229. The molecule has 0 aliphatic carbocycles. The number of nitrogens with zero attached hydrogens (tertiary/aromatic N) is 3. The normalized spacial score (nSPS) is 10.7. The highest BCUT2D eigenvalue weighted by molar-refractivity contribution is 7.98. The molecule has 0 saturated heterocycles. The van der Waals surface area contributed by atoms with Crippen molar-refractivity contribution in [3.8, 4) is 0 Å². The summed E-state index contributed by atoms with van der Waals surface area (Å²) >= 11 is 1.48. The van der Waals surface area contributed by atoms with E-state index in [9.17, 15) is 4.79 Å². The van der Waals surface area contributed by atoms with Gasteiger partial charge in [0.2, 0.25) is 0 Å². The van der Waals surface area contributed by atoms with Crippen molar-refractivity contribution in [3.63, 3.8) is 0 Å². The number of anilines is 1. The summed E-state index contributed by atoms with van der Waals surface area (Å²) < 4.78 is 5.18. The zero-order chi connectivity index (χ0) is 17.8. The number of amides is 1. The molecule has 0 aromatic carbocycles. The van der Waals surface area contributed by atoms with E-state index in [1.165, 1.54) is 11.8 Å². The van der Waals surface area contributed by atoms with Crippen LogP contribution in [0.15, 0.2) is 46.2 Å². The van der Waals surface area contributed by atoms with E-state index in [0.29, 0.717) is 22.2 Å². The van der Waals surface area contributed by atoms with Crippen LogP contribution in [0.4, 0.5) is 5.82 Å². The minimum atomic E-state index is -0.229. The monoisotopic (exact) mass is 354 g/mol. The SMILES string of the molecule is Cc1ccnc(NC(=O)c2cccnc2SCc2c(C)noc2C)c1. The van der Waals surface area contributed by atoms with Gasteiger partial charge in [0, 0.05) is 23.7 Å². The highest BCUT2D eigenvalue weighted by atomic mass is 32.2. The predicted molar refractivity (Wildman–Crippen MR) is 96.7 cm³/mol. The van der Waals surface area contributed by atoms with Crippen LogP contribution >= 0.6 is 11.8 Å². The van der Waals surface area contributed by atoms with Gasteiger partial charge in [-0.15, -0.1) is 11.8 Å². The maximum absolute atomic E-state index is 12.6. The lowest BCUT2D eigenvalue weighted by atomic mass is 10.2. The Morgan fingerprint density at radius 1 is 1.20 bits per heavy atom. The van der Waals surface area contributed by atoms with Crippen molar-refractivity contribution < 1.29 is 9.32 Å². The lowest BCUT2D eigenvalue weighted by Gasteiger charge is -2.09. The third kappa shape index (κ3) is 4.06. The molecule has 3 aromatic rings. The van der Waals surface area contributed by atoms with E-state index in [4.69, 9.17) is 4.52 Å². The minimum Gasteiger partial charge on any atom is -0.361 e. The Balaban J connectivity index is 1.77. The highest BCUT2D eigenvalue weighted by Gasteiger charge is 2.16. The topological polar surface area (TPSA) is 80.9 Å². The number of aromatic nitrogens is 3. The van der Waals surface area contributed by atoms with Crippen LogP contribution in [-0.2, 0) is 5.75 Å². The van der Waals surface area contributed by atoms with Crippen LogP contribution in [0.25, 0.3) is 0 Å². The van der Waals surface area contributed by atoms with E-state index in [-0.39, 0.29) is 5.91 Å². The molecule has 0 atom stereocenters. The lowest BCUT2D eigenvalue weighted by Crippen LogP contribution is -2.14. The van der Waals surface area contributed by atoms with Crippen molar-refractivity contribution >= 4 is 23.5 Å². The molecule has 1 amide bonds. The molecule has 0 saturated carbocycles. The molecule has 6 nitrogen and oxygen atoms in total. The second-order valence-electron chi connectivity index (χ2n) is 5.62. The molecule has 0 spiro atoms. The Kier molecular flexibility index (Phi) is 5.14. The number of aryl methyl sites for hydroxylation is 3. The standard InChI is InChI=1S/C18H18N4O2S/c1-11-6-8-19-16(9-11)21-17(23)14-5-4-7-20-18(14)25-10-15-12(2)22-24-13(15)3/h4-9H,10H2,1-3H3,(H,19,21,23). The van der Waals surface area contributed by atoms with E-state index in [1.807, 2.05) is 32.9 Å². The maximum Gasteiger partial charge on any atom is 0.259 e. The number of carbonyl (C=O) groups excluding carboxylic acids is 1. The molecule has 0 radical (unpaired) electrons. The van der Waals surface area contributed by atoms with Crippen molar-refractivity contribution in [2.24, 2.45) is 0 Å². The Bertz CT molecular complexity index is 888. The van der Waals surface area contributed by atoms with E-state index in [0.717, 1.165) is 22.6 Å². The number of rotatable bonds is 5. The predicted octanol–water partition coefficient (Wildman–Crippen LogP) is 3.93. The molecule has 3 aromatic heterocycles. The van der Waals surface area contributed by atoms with Gasteiger partial charge in [-0.2, -0.15) is 0 Å². The van der Waals surface area contributed by atoms with Crippen molar-refractivity contribution in [1.82, 2.24) is 15.1 Å². The molecule has 7 heteroatoms. The van der Waals surface area contributed by atoms with Gasteiger partial charge in [-0.25, -0.2) is 9.97 Å². The molecule has 0 aliphatic rings. The third-order valence-corrected chi connectivity index (χ3v) is 4.74. The second kappa shape index (κ2) is 7.48. The fraction of sp³-hybridized carbons (Fsp3) is 0.222. The Morgan fingerprint density at radius 3 is 2.76 bits per heavy atom. The van der Waals surface area contributed by atoms with Gasteiger partial charge in [0.1, 0.15) is 16.6 Å². The molecule has 0 fully saturated rings. The molecule has 1 N–H and O–H groups in total. The van der Waals surface area contributed by atoms with Crippen LogP contribution in [-0.4, -0.2) is 21.0 Å². The van der Waals surface area contributed by atoms with Crippen molar-refractivity contribution in [3.05, 3.63) is 64.8 Å². The summed E-state index contributed by atoms with van der Waals surface area (Å²) in [5.41, 5.74) is 3.44. The summed E-state index contributed by atoms with van der Waals surface area (Å²) in [5, 5.41) is 7.43. The number of hydrogen-bond donors (Lipinski definition) is 1. The fourth-order valence-corrected chi connectivity index (χ4v) is 3.46. The van der Waals surface area contributed by atoms with Crippen LogP contribution in [0, 0.1) is 20.8 Å². The molecule has 0 aliphatic heterocycles. The molecule has 3 heterocycles. The van der Waals surface area contributed by atoms with Crippen molar-refractivity contribution in [2.75, 3.05) is 5.32 Å². The van der Waals surface area contributed by atoms with Gasteiger partial charge in [-0.1, -0.05) is 5.16 Å². The molecule has 3 rings (SSSR count).